The van der Waals surface area contributed by atoms with Crippen molar-refractivity contribution in [1.29, 1.82) is 0 Å². The lowest BCUT2D eigenvalue weighted by Gasteiger charge is -2.27. The Morgan fingerprint density at radius 1 is 1.24 bits per heavy atom. The molecule has 0 spiro atoms. The summed E-state index contributed by atoms with van der Waals surface area (Å²) in [5.41, 5.74) is 12.9. The summed E-state index contributed by atoms with van der Waals surface area (Å²) in [4.78, 5) is 4.37. The number of aromatic nitrogens is 1. The van der Waals surface area contributed by atoms with Gasteiger partial charge >= 0.3 is 0 Å². The molecule has 2 rings (SSSR count). The van der Waals surface area contributed by atoms with Gasteiger partial charge in [-0.3, -0.25) is 0 Å². The fourth-order valence-electron chi connectivity index (χ4n) is 2.58. The Morgan fingerprint density at radius 3 is 2.71 bits per heavy atom. The second-order valence-corrected chi connectivity index (χ2v) is 5.54. The lowest BCUT2D eigenvalue weighted by molar-refractivity contribution is 0.410. The van der Waals surface area contributed by atoms with Gasteiger partial charge in [0.25, 0.3) is 0 Å². The van der Waals surface area contributed by atoms with Crippen LogP contribution in [0.3, 0.4) is 0 Å². The third-order valence-electron chi connectivity index (χ3n) is 3.70. The van der Waals surface area contributed by atoms with E-state index >= 15 is 0 Å². The Hall–Kier alpha value is -1.95. The van der Waals surface area contributed by atoms with Gasteiger partial charge in [-0.2, -0.15) is 0 Å². The molecule has 1 aromatic heterocycles. The molecule has 1 aliphatic carbocycles. The molecular weight excluding hydrogens is 264 g/mol. The Balaban J connectivity index is 1.93. The molecule has 7 N–H and O–H groups in total. The Morgan fingerprint density at radius 2 is 2.00 bits per heavy atom. The van der Waals surface area contributed by atoms with Gasteiger partial charge in [0.15, 0.2) is 0 Å². The molecule has 1 heterocycles. The van der Waals surface area contributed by atoms with Gasteiger partial charge in [0, 0.05) is 38.1 Å². The van der Waals surface area contributed by atoms with Gasteiger partial charge in [-0.15, -0.1) is 0 Å². The minimum absolute atomic E-state index is 0.357. The summed E-state index contributed by atoms with van der Waals surface area (Å²) in [6.45, 7) is 0.717. The first-order valence-electron chi connectivity index (χ1n) is 7.51. The number of hydrogen-bond acceptors (Lipinski definition) is 6. The van der Waals surface area contributed by atoms with Crippen LogP contribution < -0.4 is 27.4 Å². The van der Waals surface area contributed by atoms with E-state index in [1.54, 1.807) is 0 Å². The SMILES string of the molecule is CN/C=C\NCc1cc(N)nc(N[C@H]2CC[C@H](N)CC2)c1. The van der Waals surface area contributed by atoms with Gasteiger partial charge in [0.05, 0.1) is 0 Å². The maximum absolute atomic E-state index is 5.93. The number of anilines is 2. The number of nitrogen functional groups attached to an aromatic ring is 1. The number of hydrogen-bond donors (Lipinski definition) is 5. The van der Waals surface area contributed by atoms with Crippen molar-refractivity contribution >= 4 is 11.6 Å². The van der Waals surface area contributed by atoms with Gasteiger partial charge in [-0.1, -0.05) is 0 Å². The summed E-state index contributed by atoms with van der Waals surface area (Å²) >= 11 is 0. The summed E-state index contributed by atoms with van der Waals surface area (Å²) < 4.78 is 0. The van der Waals surface area contributed by atoms with Crippen LogP contribution in [0.15, 0.2) is 24.5 Å². The normalized spacial score (nSPS) is 22.2. The van der Waals surface area contributed by atoms with Crippen LogP contribution in [-0.2, 0) is 6.54 Å². The summed E-state index contributed by atoms with van der Waals surface area (Å²) in [6, 6.07) is 4.74. The van der Waals surface area contributed by atoms with Crippen LogP contribution in [-0.4, -0.2) is 24.1 Å². The molecule has 0 aliphatic heterocycles. The van der Waals surface area contributed by atoms with Gasteiger partial charge in [-0.25, -0.2) is 4.98 Å². The second-order valence-electron chi connectivity index (χ2n) is 5.54. The predicted octanol–water partition coefficient (Wildman–Crippen LogP) is 1.13. The highest BCUT2D eigenvalue weighted by atomic mass is 15.0. The van der Waals surface area contributed by atoms with Crippen LogP contribution in [0.25, 0.3) is 0 Å². The molecular formula is C15H26N6. The third-order valence-corrected chi connectivity index (χ3v) is 3.70. The lowest BCUT2D eigenvalue weighted by Crippen LogP contribution is -2.33. The molecule has 116 valence electrons. The molecule has 21 heavy (non-hydrogen) atoms. The maximum atomic E-state index is 5.93. The van der Waals surface area contributed by atoms with Crippen molar-refractivity contribution in [2.75, 3.05) is 18.1 Å². The van der Waals surface area contributed by atoms with Crippen molar-refractivity contribution < 1.29 is 0 Å². The zero-order valence-corrected chi connectivity index (χ0v) is 12.6. The fraction of sp³-hybridized carbons (Fsp3) is 0.533. The van der Waals surface area contributed by atoms with Crippen molar-refractivity contribution in [3.8, 4) is 0 Å². The first-order chi connectivity index (χ1) is 10.2. The molecule has 0 bridgehead atoms. The highest BCUT2D eigenvalue weighted by molar-refractivity contribution is 5.47. The average molecular weight is 290 g/mol. The minimum Gasteiger partial charge on any atom is -0.393 e. The van der Waals surface area contributed by atoms with Crippen LogP contribution in [0.1, 0.15) is 31.2 Å². The number of nitrogens with zero attached hydrogens (tertiary/aromatic N) is 1. The van der Waals surface area contributed by atoms with Crippen molar-refractivity contribution in [3.05, 3.63) is 30.1 Å². The Bertz CT molecular complexity index is 465. The van der Waals surface area contributed by atoms with Crippen molar-refractivity contribution in [1.82, 2.24) is 15.6 Å². The van der Waals surface area contributed by atoms with E-state index in [0.717, 1.165) is 43.6 Å². The highest BCUT2D eigenvalue weighted by Gasteiger charge is 2.18. The van der Waals surface area contributed by atoms with Gasteiger partial charge in [0.2, 0.25) is 0 Å². The molecule has 1 fully saturated rings. The van der Waals surface area contributed by atoms with Gasteiger partial charge in [-0.05, 0) is 43.4 Å². The fourth-order valence-corrected chi connectivity index (χ4v) is 2.58. The monoisotopic (exact) mass is 290 g/mol. The summed E-state index contributed by atoms with van der Waals surface area (Å²) in [5, 5.41) is 9.61. The van der Waals surface area contributed by atoms with Crippen LogP contribution in [0.4, 0.5) is 11.6 Å². The summed E-state index contributed by atoms with van der Waals surface area (Å²) in [7, 11) is 1.86. The van der Waals surface area contributed by atoms with Crippen molar-refractivity contribution in [2.24, 2.45) is 5.73 Å². The maximum Gasteiger partial charge on any atom is 0.128 e. The first kappa shape index (κ1) is 15.4. The molecule has 6 heteroatoms. The van der Waals surface area contributed by atoms with E-state index in [-0.39, 0.29) is 0 Å². The number of nitrogens with one attached hydrogen (secondary N) is 3. The van der Waals surface area contributed by atoms with Gasteiger partial charge < -0.3 is 27.4 Å². The van der Waals surface area contributed by atoms with E-state index in [1.165, 1.54) is 0 Å². The van der Waals surface area contributed by atoms with Crippen molar-refractivity contribution in [3.63, 3.8) is 0 Å². The number of pyridine rings is 1. The van der Waals surface area contributed by atoms with E-state index in [1.807, 2.05) is 31.6 Å². The predicted molar refractivity (Wildman–Crippen MR) is 87.5 cm³/mol. The van der Waals surface area contributed by atoms with E-state index in [0.29, 0.717) is 17.9 Å². The van der Waals surface area contributed by atoms with E-state index in [2.05, 4.69) is 20.9 Å². The molecule has 1 saturated carbocycles. The van der Waals surface area contributed by atoms with Gasteiger partial charge in [0.1, 0.15) is 11.6 Å². The minimum atomic E-state index is 0.357. The van der Waals surface area contributed by atoms with Crippen LogP contribution in [0, 0.1) is 0 Å². The summed E-state index contributed by atoms with van der Waals surface area (Å²) in [6.07, 6.45) is 8.04. The molecule has 0 atom stereocenters. The highest BCUT2D eigenvalue weighted by Crippen LogP contribution is 2.21. The van der Waals surface area contributed by atoms with E-state index in [9.17, 15) is 0 Å². The Labute approximate surface area is 126 Å². The second kappa shape index (κ2) is 7.73. The smallest absolute Gasteiger partial charge is 0.128 e. The molecule has 0 saturated heterocycles. The largest absolute Gasteiger partial charge is 0.393 e. The standard InChI is InChI=1S/C15H26N6/c1-18-6-7-19-10-11-8-14(17)21-15(9-11)20-13-4-2-12(16)3-5-13/h6-9,12-13,18-19H,2-5,10,16H2,1H3,(H3,17,20,21)/b7-6-/t12-,13-. The first-order valence-corrected chi connectivity index (χ1v) is 7.51. The molecule has 0 aromatic carbocycles. The summed E-state index contributed by atoms with van der Waals surface area (Å²) in [5.74, 6) is 1.40. The Kier molecular flexibility index (Phi) is 5.68. The molecule has 6 nitrogen and oxygen atoms in total. The average Bonchev–Trinajstić information content (AvgIpc) is 2.46. The number of nitrogens with two attached hydrogens (primary N) is 2. The topological polar surface area (TPSA) is 101 Å². The third kappa shape index (κ3) is 5.15. The van der Waals surface area contributed by atoms with Crippen LogP contribution in [0.5, 0.6) is 0 Å². The molecule has 0 unspecified atom stereocenters. The van der Waals surface area contributed by atoms with Crippen LogP contribution >= 0.6 is 0 Å². The van der Waals surface area contributed by atoms with E-state index in [4.69, 9.17) is 11.5 Å². The zero-order valence-electron chi connectivity index (χ0n) is 12.6. The molecule has 0 radical (unpaired) electrons. The zero-order chi connectivity index (χ0) is 15.1. The van der Waals surface area contributed by atoms with Crippen LogP contribution in [0.2, 0.25) is 0 Å². The number of rotatable bonds is 6. The molecule has 0 amide bonds. The molecule has 1 aromatic rings. The van der Waals surface area contributed by atoms with E-state index < -0.39 is 0 Å². The van der Waals surface area contributed by atoms with Crippen molar-refractivity contribution in [2.45, 2.75) is 44.3 Å². The quantitative estimate of drug-likeness (QED) is 0.538. The molecule has 1 aliphatic rings. The lowest BCUT2D eigenvalue weighted by atomic mass is 9.92.